The molecule has 0 unspecified atom stereocenters. The van der Waals surface area contributed by atoms with Gasteiger partial charge in [0.1, 0.15) is 0 Å². The molecule has 0 aliphatic carbocycles. The van der Waals surface area contributed by atoms with Crippen molar-refractivity contribution in [1.82, 2.24) is 4.90 Å². The lowest BCUT2D eigenvalue weighted by atomic mass is 10.2. The molecule has 11 heavy (non-hydrogen) atoms. The second-order valence-corrected chi connectivity index (χ2v) is 3.20. The summed E-state index contributed by atoms with van der Waals surface area (Å²) < 4.78 is 0. The second kappa shape index (κ2) is 4.16. The third-order valence-electron chi connectivity index (χ3n) is 1.58. The van der Waals surface area contributed by atoms with Gasteiger partial charge < -0.3 is 4.90 Å². The molecule has 0 heterocycles. The van der Waals surface area contributed by atoms with Crippen molar-refractivity contribution in [3.05, 3.63) is 12.3 Å². The van der Waals surface area contributed by atoms with Crippen molar-refractivity contribution in [2.45, 2.75) is 39.8 Å². The first-order chi connectivity index (χ1) is 5.00. The van der Waals surface area contributed by atoms with Crippen molar-refractivity contribution >= 4 is 6.29 Å². The van der Waals surface area contributed by atoms with Gasteiger partial charge in [0.2, 0.25) is 0 Å². The van der Waals surface area contributed by atoms with E-state index in [9.17, 15) is 4.79 Å². The van der Waals surface area contributed by atoms with Gasteiger partial charge in [-0.3, -0.25) is 4.79 Å². The number of hydrogen-bond donors (Lipinski definition) is 0. The summed E-state index contributed by atoms with van der Waals surface area (Å²) in [5.74, 6) is 0. The van der Waals surface area contributed by atoms with Crippen LogP contribution >= 0.6 is 0 Å². The molecule has 0 aromatic rings. The van der Waals surface area contributed by atoms with Crippen LogP contribution in [0.5, 0.6) is 0 Å². The summed E-state index contributed by atoms with van der Waals surface area (Å²) in [5.41, 5.74) is 0.565. The molecule has 0 aliphatic heterocycles. The van der Waals surface area contributed by atoms with E-state index in [-0.39, 0.29) is 0 Å². The molecule has 0 aromatic carbocycles. The van der Waals surface area contributed by atoms with E-state index in [1.165, 1.54) is 0 Å². The van der Waals surface area contributed by atoms with Crippen LogP contribution in [0.3, 0.4) is 0 Å². The highest BCUT2D eigenvalue weighted by Crippen LogP contribution is 2.09. The molecule has 2 nitrogen and oxygen atoms in total. The van der Waals surface area contributed by atoms with E-state index in [2.05, 4.69) is 34.3 Å². The number of carbonyl (C=O) groups is 1. The molecule has 0 saturated heterocycles. The van der Waals surface area contributed by atoms with Crippen LogP contribution in [0.15, 0.2) is 12.3 Å². The van der Waals surface area contributed by atoms with Gasteiger partial charge in [-0.15, -0.1) is 0 Å². The minimum atomic E-state index is 0.340. The largest absolute Gasteiger partial charge is 0.365 e. The van der Waals surface area contributed by atoms with Crippen LogP contribution < -0.4 is 0 Å². The first kappa shape index (κ1) is 10.2. The van der Waals surface area contributed by atoms with E-state index < -0.39 is 0 Å². The quantitative estimate of drug-likeness (QED) is 0.456. The fourth-order valence-corrected chi connectivity index (χ4v) is 1.32. The Morgan fingerprint density at radius 1 is 1.27 bits per heavy atom. The molecule has 0 aromatic heterocycles. The average Bonchev–Trinajstić information content (AvgIpc) is 1.85. The van der Waals surface area contributed by atoms with E-state index in [1.807, 2.05) is 4.90 Å². The number of aldehydes is 1. The van der Waals surface area contributed by atoms with Gasteiger partial charge in [-0.2, -0.15) is 0 Å². The van der Waals surface area contributed by atoms with Crippen LogP contribution in [0, 0.1) is 0 Å². The Morgan fingerprint density at radius 2 is 1.64 bits per heavy atom. The van der Waals surface area contributed by atoms with Crippen molar-refractivity contribution in [3.8, 4) is 0 Å². The fourth-order valence-electron chi connectivity index (χ4n) is 1.32. The molecule has 0 fully saturated rings. The van der Waals surface area contributed by atoms with Crippen LogP contribution in [0.25, 0.3) is 0 Å². The molecule has 0 aliphatic rings. The Kier molecular flexibility index (Phi) is 3.86. The summed E-state index contributed by atoms with van der Waals surface area (Å²) in [6.45, 7) is 11.9. The van der Waals surface area contributed by atoms with Gasteiger partial charge in [0.05, 0.1) is 5.70 Å². The zero-order chi connectivity index (χ0) is 9.02. The van der Waals surface area contributed by atoms with Gasteiger partial charge in [-0.25, -0.2) is 0 Å². The number of allylic oxidation sites excluding steroid dienone is 1. The molecule has 0 atom stereocenters. The molecule has 64 valence electrons. The minimum absolute atomic E-state index is 0.340. The topological polar surface area (TPSA) is 20.3 Å². The van der Waals surface area contributed by atoms with Gasteiger partial charge in [-0.05, 0) is 27.7 Å². The third kappa shape index (κ3) is 2.74. The highest BCUT2D eigenvalue weighted by molar-refractivity contribution is 5.71. The molecule has 0 amide bonds. The Labute approximate surface area is 68.9 Å². The van der Waals surface area contributed by atoms with E-state index in [0.29, 0.717) is 17.8 Å². The van der Waals surface area contributed by atoms with Crippen molar-refractivity contribution in [3.63, 3.8) is 0 Å². The van der Waals surface area contributed by atoms with E-state index >= 15 is 0 Å². The maximum Gasteiger partial charge on any atom is 0.165 e. The van der Waals surface area contributed by atoms with Gasteiger partial charge >= 0.3 is 0 Å². The van der Waals surface area contributed by atoms with Crippen LogP contribution in [0.2, 0.25) is 0 Å². The predicted molar refractivity (Wildman–Crippen MR) is 47.3 cm³/mol. The summed E-state index contributed by atoms with van der Waals surface area (Å²) in [7, 11) is 0. The average molecular weight is 155 g/mol. The monoisotopic (exact) mass is 155 g/mol. The van der Waals surface area contributed by atoms with Crippen LogP contribution in [-0.2, 0) is 4.79 Å². The predicted octanol–water partition coefficient (Wildman–Crippen LogP) is 1.82. The molecule has 0 N–H and O–H groups in total. The van der Waals surface area contributed by atoms with Crippen molar-refractivity contribution in [2.24, 2.45) is 0 Å². The van der Waals surface area contributed by atoms with E-state index in [4.69, 9.17) is 0 Å². The first-order valence-electron chi connectivity index (χ1n) is 3.93. The summed E-state index contributed by atoms with van der Waals surface area (Å²) in [4.78, 5) is 12.4. The number of nitrogens with zero attached hydrogens (tertiary/aromatic N) is 1. The molecule has 0 saturated carbocycles. The third-order valence-corrected chi connectivity index (χ3v) is 1.58. The summed E-state index contributed by atoms with van der Waals surface area (Å²) in [6.07, 6.45) is 0.806. The lowest BCUT2D eigenvalue weighted by Crippen LogP contribution is -2.36. The van der Waals surface area contributed by atoms with Gasteiger partial charge in [0.15, 0.2) is 6.29 Å². The first-order valence-corrected chi connectivity index (χ1v) is 3.93. The Hall–Kier alpha value is -0.790. The fraction of sp³-hybridized carbons (Fsp3) is 0.667. The SMILES string of the molecule is C=C(C=O)N(C(C)C)C(C)C. The minimum Gasteiger partial charge on any atom is -0.365 e. The zero-order valence-electron chi connectivity index (χ0n) is 7.79. The smallest absolute Gasteiger partial charge is 0.165 e. The van der Waals surface area contributed by atoms with Gasteiger partial charge in [0, 0.05) is 12.1 Å². The molecule has 2 heteroatoms. The molecular formula is C9H17NO. The van der Waals surface area contributed by atoms with Crippen LogP contribution in [-0.4, -0.2) is 23.3 Å². The Balaban J connectivity index is 4.33. The van der Waals surface area contributed by atoms with Crippen LogP contribution in [0.1, 0.15) is 27.7 Å². The molecular weight excluding hydrogens is 138 g/mol. The number of carbonyl (C=O) groups excluding carboxylic acids is 1. The van der Waals surface area contributed by atoms with Crippen molar-refractivity contribution in [2.75, 3.05) is 0 Å². The molecule has 0 rings (SSSR count). The summed E-state index contributed by atoms with van der Waals surface area (Å²) >= 11 is 0. The molecule has 0 bridgehead atoms. The lowest BCUT2D eigenvalue weighted by molar-refractivity contribution is -0.106. The molecule has 0 radical (unpaired) electrons. The normalized spacial score (nSPS) is 10.4. The van der Waals surface area contributed by atoms with Gasteiger partial charge in [-0.1, -0.05) is 6.58 Å². The lowest BCUT2D eigenvalue weighted by Gasteiger charge is -2.32. The second-order valence-electron chi connectivity index (χ2n) is 3.20. The van der Waals surface area contributed by atoms with Crippen molar-refractivity contribution in [1.29, 1.82) is 0 Å². The highest BCUT2D eigenvalue weighted by Gasteiger charge is 2.13. The zero-order valence-corrected chi connectivity index (χ0v) is 7.79. The maximum absolute atomic E-state index is 10.4. The van der Waals surface area contributed by atoms with E-state index in [1.54, 1.807) is 0 Å². The Morgan fingerprint density at radius 3 is 1.73 bits per heavy atom. The molecule has 0 spiro atoms. The summed E-state index contributed by atoms with van der Waals surface area (Å²) in [6, 6.07) is 0.681. The van der Waals surface area contributed by atoms with Crippen LogP contribution in [0.4, 0.5) is 0 Å². The number of rotatable bonds is 4. The van der Waals surface area contributed by atoms with Crippen molar-refractivity contribution < 1.29 is 4.79 Å². The standard InChI is InChI=1S/C9H17NO/c1-7(2)10(8(3)4)9(5)6-11/h6-8H,5H2,1-4H3. The maximum atomic E-state index is 10.4. The highest BCUT2D eigenvalue weighted by atomic mass is 16.1. The Bertz CT molecular complexity index is 142. The summed E-state index contributed by atoms with van der Waals surface area (Å²) in [5, 5.41) is 0. The number of hydrogen-bond acceptors (Lipinski definition) is 2. The van der Waals surface area contributed by atoms with Gasteiger partial charge in [0.25, 0.3) is 0 Å². The van der Waals surface area contributed by atoms with E-state index in [0.717, 1.165) is 6.29 Å².